The first-order valence-corrected chi connectivity index (χ1v) is 7.79. The topological polar surface area (TPSA) is 45.6 Å². The lowest BCUT2D eigenvalue weighted by atomic mass is 10.3. The fourth-order valence-electron chi connectivity index (χ4n) is 1.66. The molecule has 2 N–H and O–H groups in total. The average molecular weight is 283 g/mol. The molecule has 0 saturated heterocycles. The Labute approximate surface area is 120 Å². The Morgan fingerprint density at radius 1 is 1.32 bits per heavy atom. The molecule has 1 rings (SSSR count). The van der Waals surface area contributed by atoms with Gasteiger partial charge in [0.05, 0.1) is 0 Å². The van der Waals surface area contributed by atoms with E-state index in [1.807, 2.05) is 6.92 Å². The predicted octanol–water partition coefficient (Wildman–Crippen LogP) is 2.27. The van der Waals surface area contributed by atoms with Gasteiger partial charge in [0, 0.05) is 38.2 Å². The minimum Gasteiger partial charge on any atom is -0.382 e. The van der Waals surface area contributed by atoms with Crippen molar-refractivity contribution in [3.05, 3.63) is 22.4 Å². The van der Waals surface area contributed by atoms with Crippen molar-refractivity contribution >= 4 is 17.3 Å². The van der Waals surface area contributed by atoms with E-state index < -0.39 is 0 Å². The van der Waals surface area contributed by atoms with Crippen molar-refractivity contribution < 1.29 is 4.74 Å². The molecule has 0 aromatic carbocycles. The van der Waals surface area contributed by atoms with Gasteiger partial charge in [0.2, 0.25) is 0 Å². The monoisotopic (exact) mass is 283 g/mol. The maximum absolute atomic E-state index is 5.30. The van der Waals surface area contributed by atoms with Crippen molar-refractivity contribution in [3.63, 3.8) is 0 Å². The number of hydrogen-bond acceptors (Lipinski definition) is 3. The first-order chi connectivity index (χ1) is 9.36. The molecule has 0 amide bonds. The lowest BCUT2D eigenvalue weighted by Gasteiger charge is -2.11. The van der Waals surface area contributed by atoms with Gasteiger partial charge in [-0.15, -0.1) is 11.3 Å². The molecule has 0 unspecified atom stereocenters. The summed E-state index contributed by atoms with van der Waals surface area (Å²) in [7, 11) is 1.81. The van der Waals surface area contributed by atoms with Crippen molar-refractivity contribution in [2.45, 2.75) is 26.2 Å². The number of nitrogens with zero attached hydrogens (tertiary/aromatic N) is 1. The van der Waals surface area contributed by atoms with Crippen LogP contribution >= 0.6 is 11.3 Å². The SMILES string of the molecule is CCOCCCCNC(=NC)NCCc1cccs1. The fourth-order valence-corrected chi connectivity index (χ4v) is 2.37. The largest absolute Gasteiger partial charge is 0.382 e. The molecular formula is C14H25N3OS. The zero-order valence-electron chi connectivity index (χ0n) is 11.9. The summed E-state index contributed by atoms with van der Waals surface area (Å²) in [6.45, 7) is 5.53. The van der Waals surface area contributed by atoms with E-state index in [1.165, 1.54) is 4.88 Å². The van der Waals surface area contributed by atoms with E-state index in [0.717, 1.165) is 51.5 Å². The highest BCUT2D eigenvalue weighted by Gasteiger charge is 1.98. The highest BCUT2D eigenvalue weighted by molar-refractivity contribution is 7.09. The zero-order valence-corrected chi connectivity index (χ0v) is 12.8. The zero-order chi connectivity index (χ0) is 13.8. The highest BCUT2D eigenvalue weighted by atomic mass is 32.1. The second kappa shape index (κ2) is 10.8. The Balaban J connectivity index is 2.03. The normalized spacial score (nSPS) is 11.6. The molecular weight excluding hydrogens is 258 g/mol. The second-order valence-corrected chi connectivity index (χ2v) is 5.19. The second-order valence-electron chi connectivity index (χ2n) is 4.16. The third kappa shape index (κ3) is 7.85. The Kier molecular flexibility index (Phi) is 9.10. The van der Waals surface area contributed by atoms with Crippen LogP contribution < -0.4 is 10.6 Å². The van der Waals surface area contributed by atoms with Gasteiger partial charge in [-0.2, -0.15) is 0 Å². The van der Waals surface area contributed by atoms with Crippen molar-refractivity contribution in [3.8, 4) is 0 Å². The first-order valence-electron chi connectivity index (χ1n) is 6.91. The smallest absolute Gasteiger partial charge is 0.190 e. The van der Waals surface area contributed by atoms with E-state index in [1.54, 1.807) is 18.4 Å². The first kappa shape index (κ1) is 16.0. The van der Waals surface area contributed by atoms with Gasteiger partial charge in [0.15, 0.2) is 5.96 Å². The van der Waals surface area contributed by atoms with Gasteiger partial charge in [-0.1, -0.05) is 6.07 Å². The van der Waals surface area contributed by atoms with Crippen molar-refractivity contribution in [2.24, 2.45) is 4.99 Å². The van der Waals surface area contributed by atoms with E-state index in [9.17, 15) is 0 Å². The maximum Gasteiger partial charge on any atom is 0.190 e. The summed E-state index contributed by atoms with van der Waals surface area (Å²) < 4.78 is 5.30. The number of thiophene rings is 1. The van der Waals surface area contributed by atoms with Gasteiger partial charge in [-0.25, -0.2) is 0 Å². The van der Waals surface area contributed by atoms with Crippen LogP contribution in [0.5, 0.6) is 0 Å². The number of ether oxygens (including phenoxy) is 1. The van der Waals surface area contributed by atoms with E-state index in [-0.39, 0.29) is 0 Å². The van der Waals surface area contributed by atoms with Gasteiger partial charge < -0.3 is 15.4 Å². The molecule has 1 heterocycles. The lowest BCUT2D eigenvalue weighted by Crippen LogP contribution is -2.38. The molecule has 4 nitrogen and oxygen atoms in total. The van der Waals surface area contributed by atoms with E-state index in [2.05, 4.69) is 33.1 Å². The molecule has 1 aromatic rings. The van der Waals surface area contributed by atoms with Crippen LogP contribution in [-0.2, 0) is 11.2 Å². The van der Waals surface area contributed by atoms with Crippen molar-refractivity contribution in [1.82, 2.24) is 10.6 Å². The third-order valence-electron chi connectivity index (χ3n) is 2.68. The van der Waals surface area contributed by atoms with Crippen LogP contribution in [0, 0.1) is 0 Å². The standard InChI is InChI=1S/C14H25N3OS/c1-3-18-11-5-4-9-16-14(15-2)17-10-8-13-7-6-12-19-13/h6-7,12H,3-5,8-11H2,1-2H3,(H2,15,16,17). The minimum absolute atomic E-state index is 0.805. The van der Waals surface area contributed by atoms with Crippen LogP contribution in [0.3, 0.4) is 0 Å². The summed E-state index contributed by atoms with van der Waals surface area (Å²) >= 11 is 1.80. The van der Waals surface area contributed by atoms with Crippen molar-refractivity contribution in [2.75, 3.05) is 33.4 Å². The van der Waals surface area contributed by atoms with Crippen LogP contribution in [0.4, 0.5) is 0 Å². The van der Waals surface area contributed by atoms with Crippen LogP contribution in [0.2, 0.25) is 0 Å². The summed E-state index contributed by atoms with van der Waals surface area (Å²) in [5.74, 6) is 0.882. The molecule has 0 radical (unpaired) electrons. The van der Waals surface area contributed by atoms with E-state index in [4.69, 9.17) is 4.74 Å². The molecule has 19 heavy (non-hydrogen) atoms. The summed E-state index contributed by atoms with van der Waals surface area (Å²) in [5, 5.41) is 8.75. The number of guanidine groups is 1. The number of hydrogen-bond donors (Lipinski definition) is 2. The highest BCUT2D eigenvalue weighted by Crippen LogP contribution is 2.07. The predicted molar refractivity (Wildman–Crippen MR) is 83.1 cm³/mol. The summed E-state index contributed by atoms with van der Waals surface area (Å²) in [6.07, 6.45) is 3.24. The molecule has 108 valence electrons. The van der Waals surface area contributed by atoms with Gasteiger partial charge in [0.1, 0.15) is 0 Å². The lowest BCUT2D eigenvalue weighted by molar-refractivity contribution is 0.143. The van der Waals surface area contributed by atoms with Crippen LogP contribution in [0.15, 0.2) is 22.5 Å². The number of unbranched alkanes of at least 4 members (excludes halogenated alkanes) is 1. The molecule has 0 aliphatic rings. The Morgan fingerprint density at radius 2 is 2.16 bits per heavy atom. The molecule has 0 aliphatic carbocycles. The number of nitrogens with one attached hydrogen (secondary N) is 2. The fraction of sp³-hybridized carbons (Fsp3) is 0.643. The summed E-state index contributed by atoms with van der Waals surface area (Å²) in [6, 6.07) is 4.25. The van der Waals surface area contributed by atoms with E-state index in [0.29, 0.717) is 0 Å². The van der Waals surface area contributed by atoms with Gasteiger partial charge in [-0.05, 0) is 37.6 Å². The number of aliphatic imine (C=N–C) groups is 1. The Hall–Kier alpha value is -1.07. The molecule has 0 fully saturated rings. The van der Waals surface area contributed by atoms with E-state index >= 15 is 0 Å². The molecule has 0 spiro atoms. The minimum atomic E-state index is 0.805. The quantitative estimate of drug-likeness (QED) is 0.415. The van der Waals surface area contributed by atoms with Gasteiger partial charge in [0.25, 0.3) is 0 Å². The molecule has 0 atom stereocenters. The van der Waals surface area contributed by atoms with Crippen molar-refractivity contribution in [1.29, 1.82) is 0 Å². The summed E-state index contributed by atoms with van der Waals surface area (Å²) in [4.78, 5) is 5.61. The van der Waals surface area contributed by atoms with Crippen LogP contribution in [0.1, 0.15) is 24.6 Å². The number of rotatable bonds is 9. The van der Waals surface area contributed by atoms with Crippen LogP contribution in [0.25, 0.3) is 0 Å². The van der Waals surface area contributed by atoms with Crippen LogP contribution in [-0.4, -0.2) is 39.3 Å². The summed E-state index contributed by atoms with van der Waals surface area (Å²) in [5.41, 5.74) is 0. The average Bonchev–Trinajstić information content (AvgIpc) is 2.93. The molecule has 5 heteroatoms. The molecule has 0 aliphatic heterocycles. The Morgan fingerprint density at radius 3 is 2.84 bits per heavy atom. The Bertz CT molecular complexity index is 338. The van der Waals surface area contributed by atoms with Gasteiger partial charge >= 0.3 is 0 Å². The molecule has 0 saturated carbocycles. The molecule has 1 aromatic heterocycles. The van der Waals surface area contributed by atoms with Gasteiger partial charge in [-0.3, -0.25) is 4.99 Å². The maximum atomic E-state index is 5.30. The third-order valence-corrected chi connectivity index (χ3v) is 3.62. The molecule has 0 bridgehead atoms.